The number of ether oxygens (including phenoxy) is 3. The summed E-state index contributed by atoms with van der Waals surface area (Å²) in [5, 5.41) is 2.89. The highest BCUT2D eigenvalue weighted by molar-refractivity contribution is 9.10. The summed E-state index contributed by atoms with van der Waals surface area (Å²) in [6, 6.07) is 11.0. The summed E-state index contributed by atoms with van der Waals surface area (Å²) in [6.45, 7) is 4.38. The van der Waals surface area contributed by atoms with Crippen LogP contribution >= 0.6 is 15.9 Å². The number of carbonyl (C=O) groups excluding carboxylic acids is 1. The van der Waals surface area contributed by atoms with E-state index in [1.807, 2.05) is 38.1 Å². The van der Waals surface area contributed by atoms with Gasteiger partial charge in [-0.3, -0.25) is 4.79 Å². The van der Waals surface area contributed by atoms with E-state index in [4.69, 9.17) is 14.2 Å². The molecule has 1 N–H and O–H groups in total. The van der Waals surface area contributed by atoms with Crippen LogP contribution in [0.3, 0.4) is 0 Å². The number of methoxy groups -OCH3 is 2. The highest BCUT2D eigenvalue weighted by atomic mass is 79.9. The molecule has 0 saturated carbocycles. The van der Waals surface area contributed by atoms with Crippen molar-refractivity contribution >= 4 is 21.8 Å². The van der Waals surface area contributed by atoms with E-state index in [1.54, 1.807) is 26.4 Å². The van der Waals surface area contributed by atoms with Crippen molar-refractivity contribution in [2.45, 2.75) is 26.5 Å². The summed E-state index contributed by atoms with van der Waals surface area (Å²) in [5.74, 6) is 1.69. The molecule has 0 fully saturated rings. The van der Waals surface area contributed by atoms with E-state index in [2.05, 4.69) is 21.2 Å². The molecule has 0 spiro atoms. The van der Waals surface area contributed by atoms with Crippen LogP contribution < -0.4 is 19.5 Å². The molecule has 1 amide bonds. The van der Waals surface area contributed by atoms with Crippen LogP contribution in [0.1, 0.15) is 29.8 Å². The van der Waals surface area contributed by atoms with E-state index in [9.17, 15) is 4.79 Å². The van der Waals surface area contributed by atoms with Gasteiger partial charge in [0.25, 0.3) is 5.91 Å². The minimum Gasteiger partial charge on any atom is -0.495 e. The number of halogens is 1. The molecule has 0 heterocycles. The van der Waals surface area contributed by atoms with E-state index < -0.39 is 0 Å². The fraction of sp³-hybridized carbons (Fsp3) is 0.316. The van der Waals surface area contributed by atoms with Gasteiger partial charge in [-0.2, -0.15) is 0 Å². The quantitative estimate of drug-likeness (QED) is 0.747. The Morgan fingerprint density at radius 1 is 1.08 bits per heavy atom. The number of hydrogen-bond donors (Lipinski definition) is 1. The molecule has 0 aromatic heterocycles. The average Bonchev–Trinajstić information content (AvgIpc) is 2.60. The number of carbonyl (C=O) groups is 1. The van der Waals surface area contributed by atoms with Crippen LogP contribution in [0.4, 0.5) is 0 Å². The van der Waals surface area contributed by atoms with Gasteiger partial charge in [-0.1, -0.05) is 12.1 Å². The maximum absolute atomic E-state index is 12.4. The van der Waals surface area contributed by atoms with Crippen LogP contribution in [-0.2, 0) is 6.54 Å². The molecule has 134 valence electrons. The lowest BCUT2D eigenvalue weighted by atomic mass is 10.1. The largest absolute Gasteiger partial charge is 0.495 e. The summed E-state index contributed by atoms with van der Waals surface area (Å²) >= 11 is 3.39. The SMILES string of the molecule is COc1cc(C(=O)NCc2ccc(OC(C)C)cc2)cc(OC)c1Br. The van der Waals surface area contributed by atoms with Crippen LogP contribution in [0, 0.1) is 0 Å². The van der Waals surface area contributed by atoms with Crippen LogP contribution in [0.5, 0.6) is 17.2 Å². The monoisotopic (exact) mass is 407 g/mol. The van der Waals surface area contributed by atoms with Gasteiger partial charge in [-0.05, 0) is 59.6 Å². The van der Waals surface area contributed by atoms with Crippen molar-refractivity contribution in [2.24, 2.45) is 0 Å². The summed E-state index contributed by atoms with van der Waals surface area (Å²) in [5.41, 5.74) is 1.46. The number of rotatable bonds is 7. The minimum absolute atomic E-state index is 0.132. The zero-order valence-corrected chi connectivity index (χ0v) is 16.3. The first-order valence-corrected chi connectivity index (χ1v) is 8.69. The molecule has 5 nitrogen and oxygen atoms in total. The average molecular weight is 408 g/mol. The maximum Gasteiger partial charge on any atom is 0.251 e. The van der Waals surface area contributed by atoms with E-state index in [0.717, 1.165) is 11.3 Å². The highest BCUT2D eigenvalue weighted by Gasteiger charge is 2.14. The Morgan fingerprint density at radius 2 is 1.64 bits per heavy atom. The predicted molar refractivity (Wildman–Crippen MR) is 101 cm³/mol. The second kappa shape index (κ2) is 8.76. The van der Waals surface area contributed by atoms with Gasteiger partial charge in [-0.15, -0.1) is 0 Å². The van der Waals surface area contributed by atoms with Gasteiger partial charge in [0.2, 0.25) is 0 Å². The van der Waals surface area contributed by atoms with Gasteiger partial charge < -0.3 is 19.5 Å². The van der Waals surface area contributed by atoms with Crippen LogP contribution in [-0.4, -0.2) is 26.2 Å². The van der Waals surface area contributed by atoms with Crippen LogP contribution in [0.25, 0.3) is 0 Å². The van der Waals surface area contributed by atoms with Gasteiger partial charge in [0.1, 0.15) is 21.7 Å². The predicted octanol–water partition coefficient (Wildman–Crippen LogP) is 4.18. The van der Waals surface area contributed by atoms with Crippen LogP contribution in [0.15, 0.2) is 40.9 Å². The lowest BCUT2D eigenvalue weighted by Gasteiger charge is -2.12. The molecule has 0 atom stereocenters. The van der Waals surface area contributed by atoms with Crippen molar-refractivity contribution in [3.05, 3.63) is 52.0 Å². The number of amides is 1. The molecule has 0 aliphatic rings. The molecule has 0 aliphatic heterocycles. The molecule has 2 rings (SSSR count). The zero-order chi connectivity index (χ0) is 18.4. The van der Waals surface area contributed by atoms with Crippen molar-refractivity contribution < 1.29 is 19.0 Å². The Balaban J connectivity index is 2.05. The Kier molecular flexibility index (Phi) is 6.70. The third-order valence-electron chi connectivity index (χ3n) is 3.46. The number of benzene rings is 2. The fourth-order valence-corrected chi connectivity index (χ4v) is 2.80. The van der Waals surface area contributed by atoms with Gasteiger partial charge in [-0.25, -0.2) is 0 Å². The Labute approximate surface area is 156 Å². The molecule has 0 aliphatic carbocycles. The summed E-state index contributed by atoms with van der Waals surface area (Å²) in [4.78, 5) is 12.4. The molecule has 0 saturated heterocycles. The normalized spacial score (nSPS) is 10.5. The Bertz CT molecular complexity index is 704. The third kappa shape index (κ3) is 5.13. The van der Waals surface area contributed by atoms with Crippen molar-refractivity contribution in [2.75, 3.05) is 14.2 Å². The second-order valence-electron chi connectivity index (χ2n) is 5.69. The van der Waals surface area contributed by atoms with Gasteiger partial charge in [0.05, 0.1) is 20.3 Å². The summed E-state index contributed by atoms with van der Waals surface area (Å²) in [6.07, 6.45) is 0.132. The lowest BCUT2D eigenvalue weighted by molar-refractivity contribution is 0.0950. The first-order valence-electron chi connectivity index (χ1n) is 7.90. The van der Waals surface area contributed by atoms with E-state index in [1.165, 1.54) is 0 Å². The molecule has 25 heavy (non-hydrogen) atoms. The first-order chi connectivity index (χ1) is 11.9. The first kappa shape index (κ1) is 19.1. The van der Waals surface area contributed by atoms with E-state index >= 15 is 0 Å². The smallest absolute Gasteiger partial charge is 0.251 e. The standard InChI is InChI=1S/C19H22BrNO4/c1-12(2)25-15-7-5-13(6-8-15)11-21-19(22)14-9-16(23-3)18(20)17(10-14)24-4/h5-10,12H,11H2,1-4H3,(H,21,22). The van der Waals surface area contributed by atoms with Crippen molar-refractivity contribution in [3.8, 4) is 17.2 Å². The van der Waals surface area contributed by atoms with E-state index in [0.29, 0.717) is 28.1 Å². The molecule has 0 unspecified atom stereocenters. The van der Waals surface area contributed by atoms with Gasteiger partial charge in [0.15, 0.2) is 0 Å². The second-order valence-corrected chi connectivity index (χ2v) is 6.48. The van der Waals surface area contributed by atoms with E-state index in [-0.39, 0.29) is 12.0 Å². The Hall–Kier alpha value is -2.21. The molecule has 0 radical (unpaired) electrons. The maximum atomic E-state index is 12.4. The molecule has 0 bridgehead atoms. The topological polar surface area (TPSA) is 56.8 Å². The molecular formula is C19H22BrNO4. The van der Waals surface area contributed by atoms with Gasteiger partial charge in [0, 0.05) is 12.1 Å². The number of nitrogens with one attached hydrogen (secondary N) is 1. The summed E-state index contributed by atoms with van der Waals surface area (Å²) < 4.78 is 16.8. The van der Waals surface area contributed by atoms with Gasteiger partial charge >= 0.3 is 0 Å². The minimum atomic E-state index is -0.202. The Morgan fingerprint density at radius 3 is 2.12 bits per heavy atom. The molecular weight excluding hydrogens is 386 g/mol. The molecule has 6 heteroatoms. The third-order valence-corrected chi connectivity index (χ3v) is 4.24. The fourth-order valence-electron chi connectivity index (χ4n) is 2.24. The zero-order valence-electron chi connectivity index (χ0n) is 14.8. The molecule has 2 aromatic carbocycles. The number of hydrogen-bond acceptors (Lipinski definition) is 4. The van der Waals surface area contributed by atoms with Crippen molar-refractivity contribution in [3.63, 3.8) is 0 Å². The van der Waals surface area contributed by atoms with Crippen molar-refractivity contribution in [1.82, 2.24) is 5.32 Å². The molecule has 2 aromatic rings. The lowest BCUT2D eigenvalue weighted by Crippen LogP contribution is -2.22. The summed E-state index contributed by atoms with van der Waals surface area (Å²) in [7, 11) is 3.09. The van der Waals surface area contributed by atoms with Crippen LogP contribution in [0.2, 0.25) is 0 Å². The highest BCUT2D eigenvalue weighted by Crippen LogP contribution is 2.35. The van der Waals surface area contributed by atoms with Crippen molar-refractivity contribution in [1.29, 1.82) is 0 Å².